The SMILES string of the molecule is COc1cc(CN2CCN(C(=O)[C@@H](N)C(C)(C)C)CC2)cc(OC)c1.Cl.Cl. The minimum Gasteiger partial charge on any atom is -0.497 e. The summed E-state index contributed by atoms with van der Waals surface area (Å²) in [5.74, 6) is 1.63. The second-order valence-electron chi connectivity index (χ2n) is 7.67. The van der Waals surface area contributed by atoms with Gasteiger partial charge in [-0.15, -0.1) is 24.8 Å². The van der Waals surface area contributed by atoms with Crippen molar-refractivity contribution in [3.63, 3.8) is 0 Å². The number of piperazine rings is 1. The van der Waals surface area contributed by atoms with Gasteiger partial charge in [0.15, 0.2) is 0 Å². The Hall–Kier alpha value is -1.21. The Morgan fingerprint density at radius 3 is 1.93 bits per heavy atom. The summed E-state index contributed by atoms with van der Waals surface area (Å²) in [6.45, 7) is 9.91. The lowest BCUT2D eigenvalue weighted by atomic mass is 9.86. The van der Waals surface area contributed by atoms with Gasteiger partial charge in [-0.05, 0) is 23.1 Å². The van der Waals surface area contributed by atoms with Crippen LogP contribution < -0.4 is 15.2 Å². The Bertz CT molecular complexity index is 578. The second kappa shape index (κ2) is 11.0. The summed E-state index contributed by atoms with van der Waals surface area (Å²) in [6, 6.07) is 5.46. The van der Waals surface area contributed by atoms with Crippen LogP contribution in [0.4, 0.5) is 0 Å². The van der Waals surface area contributed by atoms with E-state index >= 15 is 0 Å². The van der Waals surface area contributed by atoms with Crippen LogP contribution in [0.1, 0.15) is 26.3 Å². The molecular weight excluding hydrogens is 389 g/mol. The molecule has 0 saturated carbocycles. The maximum Gasteiger partial charge on any atom is 0.240 e. The Labute approximate surface area is 175 Å². The third-order valence-corrected chi connectivity index (χ3v) is 4.70. The predicted octanol–water partition coefficient (Wildman–Crippen LogP) is 2.57. The monoisotopic (exact) mass is 421 g/mol. The topological polar surface area (TPSA) is 68.0 Å². The molecule has 156 valence electrons. The number of halogens is 2. The van der Waals surface area contributed by atoms with Gasteiger partial charge in [0.2, 0.25) is 5.91 Å². The van der Waals surface area contributed by atoms with Crippen LogP contribution in [0, 0.1) is 5.41 Å². The van der Waals surface area contributed by atoms with Gasteiger partial charge in [-0.1, -0.05) is 20.8 Å². The van der Waals surface area contributed by atoms with Crippen LogP contribution in [0.3, 0.4) is 0 Å². The molecule has 1 saturated heterocycles. The van der Waals surface area contributed by atoms with Crippen molar-refractivity contribution in [3.05, 3.63) is 23.8 Å². The van der Waals surface area contributed by atoms with E-state index < -0.39 is 6.04 Å². The van der Waals surface area contributed by atoms with Gasteiger partial charge in [-0.2, -0.15) is 0 Å². The van der Waals surface area contributed by atoms with Crippen molar-refractivity contribution in [2.75, 3.05) is 40.4 Å². The second-order valence-corrected chi connectivity index (χ2v) is 7.67. The lowest BCUT2D eigenvalue weighted by Gasteiger charge is -2.38. The number of benzene rings is 1. The Morgan fingerprint density at radius 2 is 1.52 bits per heavy atom. The van der Waals surface area contributed by atoms with Crippen LogP contribution in [0.2, 0.25) is 0 Å². The lowest BCUT2D eigenvalue weighted by molar-refractivity contribution is -0.136. The molecule has 2 rings (SSSR count). The Kier molecular flexibility index (Phi) is 10.5. The van der Waals surface area contributed by atoms with Crippen molar-refractivity contribution in [2.24, 2.45) is 11.1 Å². The van der Waals surface area contributed by atoms with Crippen LogP contribution in [-0.4, -0.2) is 62.1 Å². The first kappa shape index (κ1) is 25.8. The van der Waals surface area contributed by atoms with E-state index in [1.807, 2.05) is 43.9 Å². The Morgan fingerprint density at radius 1 is 1.04 bits per heavy atom. The van der Waals surface area contributed by atoms with Crippen molar-refractivity contribution >= 4 is 30.7 Å². The van der Waals surface area contributed by atoms with Crippen LogP contribution in [-0.2, 0) is 11.3 Å². The fraction of sp³-hybridized carbons (Fsp3) is 0.632. The molecule has 1 heterocycles. The predicted molar refractivity (Wildman–Crippen MR) is 113 cm³/mol. The van der Waals surface area contributed by atoms with Crippen molar-refractivity contribution in [2.45, 2.75) is 33.4 Å². The quantitative estimate of drug-likeness (QED) is 0.790. The summed E-state index contributed by atoms with van der Waals surface area (Å²) in [7, 11) is 3.31. The third kappa shape index (κ3) is 7.03. The number of carbonyl (C=O) groups excluding carboxylic acids is 1. The number of carbonyl (C=O) groups is 1. The molecule has 0 aliphatic carbocycles. The highest BCUT2D eigenvalue weighted by atomic mass is 35.5. The average molecular weight is 422 g/mol. The maximum atomic E-state index is 12.5. The van der Waals surface area contributed by atoms with E-state index in [9.17, 15) is 4.79 Å². The summed E-state index contributed by atoms with van der Waals surface area (Å²) in [4.78, 5) is 16.7. The summed E-state index contributed by atoms with van der Waals surface area (Å²) in [5, 5.41) is 0. The number of rotatable bonds is 5. The number of methoxy groups -OCH3 is 2. The van der Waals surface area contributed by atoms with Gasteiger partial charge < -0.3 is 20.1 Å². The zero-order valence-electron chi connectivity index (χ0n) is 16.9. The first-order valence-electron chi connectivity index (χ1n) is 8.73. The largest absolute Gasteiger partial charge is 0.497 e. The molecule has 0 aromatic heterocycles. The van der Waals surface area contributed by atoms with Crippen LogP contribution in [0.15, 0.2) is 18.2 Å². The number of ether oxygens (including phenoxy) is 2. The van der Waals surface area contributed by atoms with Crippen molar-refractivity contribution < 1.29 is 14.3 Å². The highest BCUT2D eigenvalue weighted by Crippen LogP contribution is 2.24. The first-order chi connectivity index (χ1) is 11.7. The molecule has 1 atom stereocenters. The maximum absolute atomic E-state index is 12.5. The summed E-state index contributed by atoms with van der Waals surface area (Å²) in [6.07, 6.45) is 0. The zero-order valence-corrected chi connectivity index (χ0v) is 18.5. The molecular formula is C19H33Cl2N3O3. The summed E-state index contributed by atoms with van der Waals surface area (Å²) in [5.41, 5.74) is 7.04. The number of nitrogens with two attached hydrogens (primary N) is 1. The smallest absolute Gasteiger partial charge is 0.240 e. The van der Waals surface area contributed by atoms with Crippen LogP contribution in [0.25, 0.3) is 0 Å². The van der Waals surface area contributed by atoms with E-state index in [0.29, 0.717) is 13.1 Å². The summed E-state index contributed by atoms with van der Waals surface area (Å²) < 4.78 is 10.7. The first-order valence-corrected chi connectivity index (χ1v) is 8.73. The van der Waals surface area contributed by atoms with Gasteiger partial charge in [0, 0.05) is 38.8 Å². The molecule has 1 amide bonds. The molecule has 0 unspecified atom stereocenters. The number of nitrogens with zero attached hydrogens (tertiary/aromatic N) is 2. The molecule has 0 radical (unpaired) electrons. The Balaban J connectivity index is 0.00000338. The zero-order chi connectivity index (χ0) is 18.6. The van der Waals surface area contributed by atoms with Crippen molar-refractivity contribution in [1.82, 2.24) is 9.80 Å². The van der Waals surface area contributed by atoms with E-state index in [2.05, 4.69) is 4.90 Å². The molecule has 2 N–H and O–H groups in total. The van der Waals surface area contributed by atoms with Gasteiger partial charge >= 0.3 is 0 Å². The highest BCUT2D eigenvalue weighted by molar-refractivity contribution is 5.85. The highest BCUT2D eigenvalue weighted by Gasteiger charge is 2.32. The molecule has 1 aromatic carbocycles. The fourth-order valence-corrected chi connectivity index (χ4v) is 2.91. The third-order valence-electron chi connectivity index (χ3n) is 4.70. The molecule has 1 aliphatic heterocycles. The molecule has 27 heavy (non-hydrogen) atoms. The van der Waals surface area contributed by atoms with Crippen LogP contribution in [0.5, 0.6) is 11.5 Å². The molecule has 1 fully saturated rings. The number of hydrogen-bond donors (Lipinski definition) is 1. The van der Waals surface area contributed by atoms with Gasteiger partial charge in [0.1, 0.15) is 11.5 Å². The van der Waals surface area contributed by atoms with Gasteiger partial charge in [-0.3, -0.25) is 9.69 Å². The molecule has 0 spiro atoms. The van der Waals surface area contributed by atoms with Gasteiger partial charge in [0.25, 0.3) is 0 Å². The number of hydrogen-bond acceptors (Lipinski definition) is 5. The average Bonchev–Trinajstić information content (AvgIpc) is 2.59. The van der Waals surface area contributed by atoms with E-state index in [1.54, 1.807) is 14.2 Å². The van der Waals surface area contributed by atoms with E-state index in [1.165, 1.54) is 0 Å². The standard InChI is InChI=1S/C19H31N3O3.2ClH/c1-19(2,3)17(20)18(23)22-8-6-21(7-9-22)13-14-10-15(24-4)12-16(11-14)25-5;;/h10-12,17H,6-9,13,20H2,1-5H3;2*1H/t17-;;/m1../s1. The lowest BCUT2D eigenvalue weighted by Crippen LogP contribution is -2.56. The normalized spacial score (nSPS) is 16.0. The number of amides is 1. The fourth-order valence-electron chi connectivity index (χ4n) is 2.91. The molecule has 0 bridgehead atoms. The molecule has 8 heteroatoms. The van der Waals surface area contributed by atoms with Crippen molar-refractivity contribution in [3.8, 4) is 11.5 Å². The minimum absolute atomic E-state index is 0. The molecule has 6 nitrogen and oxygen atoms in total. The van der Waals surface area contributed by atoms with E-state index in [0.717, 1.165) is 36.7 Å². The summed E-state index contributed by atoms with van der Waals surface area (Å²) >= 11 is 0. The van der Waals surface area contributed by atoms with Gasteiger partial charge in [-0.25, -0.2) is 0 Å². The van der Waals surface area contributed by atoms with Crippen LogP contribution >= 0.6 is 24.8 Å². The van der Waals surface area contributed by atoms with Gasteiger partial charge in [0.05, 0.1) is 20.3 Å². The van der Waals surface area contributed by atoms with Crippen molar-refractivity contribution in [1.29, 1.82) is 0 Å². The molecule has 1 aliphatic rings. The minimum atomic E-state index is -0.457. The molecule has 1 aromatic rings. The van der Waals surface area contributed by atoms with E-state index in [-0.39, 0.29) is 36.1 Å². The van der Waals surface area contributed by atoms with E-state index in [4.69, 9.17) is 15.2 Å².